The van der Waals surface area contributed by atoms with Gasteiger partial charge in [0.1, 0.15) is 10.6 Å². The first-order valence-electron chi connectivity index (χ1n) is 9.15. The van der Waals surface area contributed by atoms with Crippen LogP contribution in [0.1, 0.15) is 28.9 Å². The van der Waals surface area contributed by atoms with Crippen molar-refractivity contribution in [3.63, 3.8) is 0 Å². The molecule has 0 aliphatic carbocycles. The van der Waals surface area contributed by atoms with Crippen molar-refractivity contribution in [3.05, 3.63) is 58.1 Å². The average Bonchev–Trinajstić information content (AvgIpc) is 2.73. The Hall–Kier alpha value is -1.94. The Labute approximate surface area is 179 Å². The summed E-state index contributed by atoms with van der Waals surface area (Å²) in [4.78, 5) is 12.8. The van der Waals surface area contributed by atoms with Crippen molar-refractivity contribution in [2.45, 2.75) is 17.9 Å². The van der Waals surface area contributed by atoms with Crippen LogP contribution in [0.15, 0.2) is 51.8 Å². The first kappa shape index (κ1) is 21.8. The Bertz CT molecular complexity index is 990. The van der Waals surface area contributed by atoms with E-state index < -0.39 is 10.0 Å². The van der Waals surface area contributed by atoms with Crippen LogP contribution >= 0.6 is 15.9 Å². The van der Waals surface area contributed by atoms with Crippen molar-refractivity contribution in [3.8, 4) is 5.75 Å². The highest BCUT2D eigenvalue weighted by molar-refractivity contribution is 9.10. The van der Waals surface area contributed by atoms with Gasteiger partial charge in [0.15, 0.2) is 0 Å². The molecule has 1 fully saturated rings. The number of hydrogen-bond donors (Lipinski definition) is 1. The average molecular weight is 483 g/mol. The third-order valence-corrected chi connectivity index (χ3v) is 7.12. The fourth-order valence-corrected chi connectivity index (χ4v) is 5.09. The SMILES string of the molecule is COc1ccc(C(=O)N[C@@H](C)c2cccc(Br)c2)cc1S(=O)(=O)N1CCOCC1. The summed E-state index contributed by atoms with van der Waals surface area (Å²) in [7, 11) is -2.40. The number of morpholine rings is 1. The van der Waals surface area contributed by atoms with Crippen molar-refractivity contribution in [1.29, 1.82) is 0 Å². The summed E-state index contributed by atoms with van der Waals surface area (Å²) in [5, 5.41) is 2.91. The van der Waals surface area contributed by atoms with E-state index >= 15 is 0 Å². The van der Waals surface area contributed by atoms with Gasteiger partial charge in [0.05, 0.1) is 26.4 Å². The number of sulfonamides is 1. The van der Waals surface area contributed by atoms with E-state index in [1.165, 1.54) is 23.5 Å². The van der Waals surface area contributed by atoms with Gasteiger partial charge in [-0.05, 0) is 42.8 Å². The molecule has 1 atom stereocenters. The molecular formula is C20H23BrN2O5S. The number of carbonyl (C=O) groups is 1. The van der Waals surface area contributed by atoms with Gasteiger partial charge >= 0.3 is 0 Å². The van der Waals surface area contributed by atoms with Gasteiger partial charge in [0.2, 0.25) is 10.0 Å². The van der Waals surface area contributed by atoms with Gasteiger partial charge in [-0.2, -0.15) is 4.31 Å². The molecule has 0 radical (unpaired) electrons. The molecule has 1 amide bonds. The zero-order valence-electron chi connectivity index (χ0n) is 16.2. The second-order valence-corrected chi connectivity index (χ2v) is 9.45. The third kappa shape index (κ3) is 4.98. The van der Waals surface area contributed by atoms with Gasteiger partial charge in [-0.25, -0.2) is 8.42 Å². The minimum Gasteiger partial charge on any atom is -0.495 e. The van der Waals surface area contributed by atoms with Crippen molar-refractivity contribution in [2.24, 2.45) is 0 Å². The lowest BCUT2D eigenvalue weighted by Gasteiger charge is -2.26. The van der Waals surface area contributed by atoms with E-state index in [2.05, 4.69) is 21.2 Å². The first-order valence-corrected chi connectivity index (χ1v) is 11.4. The summed E-state index contributed by atoms with van der Waals surface area (Å²) < 4.78 is 38.9. The van der Waals surface area contributed by atoms with Crippen LogP contribution in [0, 0.1) is 0 Å². The fourth-order valence-electron chi connectivity index (χ4n) is 3.08. The number of halogens is 1. The summed E-state index contributed by atoms with van der Waals surface area (Å²) in [6.45, 7) is 3.08. The monoisotopic (exact) mass is 482 g/mol. The van der Waals surface area contributed by atoms with Gasteiger partial charge in [-0.3, -0.25) is 4.79 Å². The predicted molar refractivity (Wildman–Crippen MR) is 113 cm³/mol. The summed E-state index contributed by atoms with van der Waals surface area (Å²) in [6.07, 6.45) is 0. The molecule has 0 spiro atoms. The Kier molecular flexibility index (Phi) is 6.94. The molecule has 1 aliphatic rings. The van der Waals surface area contributed by atoms with Gasteiger partial charge in [0, 0.05) is 23.1 Å². The van der Waals surface area contributed by atoms with Gasteiger partial charge in [-0.15, -0.1) is 0 Å². The Morgan fingerprint density at radius 3 is 2.59 bits per heavy atom. The molecule has 1 heterocycles. The number of carbonyl (C=O) groups excluding carboxylic acids is 1. The third-order valence-electron chi connectivity index (χ3n) is 4.71. The molecule has 0 bridgehead atoms. The molecule has 1 saturated heterocycles. The van der Waals surface area contributed by atoms with Crippen molar-refractivity contribution < 1.29 is 22.7 Å². The molecule has 0 aromatic heterocycles. The number of nitrogens with zero attached hydrogens (tertiary/aromatic N) is 1. The predicted octanol–water partition coefficient (Wildman–Crippen LogP) is 2.97. The summed E-state index contributed by atoms with van der Waals surface area (Å²) in [5.74, 6) is -0.161. The second-order valence-electron chi connectivity index (χ2n) is 6.63. The molecule has 0 saturated carbocycles. The van der Waals surface area contributed by atoms with Crippen LogP contribution in [0.25, 0.3) is 0 Å². The number of rotatable bonds is 6. The van der Waals surface area contributed by atoms with Crippen molar-refractivity contribution >= 4 is 31.9 Å². The molecule has 2 aromatic carbocycles. The van der Waals surface area contributed by atoms with Gasteiger partial charge < -0.3 is 14.8 Å². The summed E-state index contributed by atoms with van der Waals surface area (Å²) in [6, 6.07) is 11.8. The zero-order chi connectivity index (χ0) is 21.0. The van der Waals surface area contributed by atoms with Gasteiger partial charge in [-0.1, -0.05) is 28.1 Å². The maximum atomic E-state index is 13.1. The van der Waals surface area contributed by atoms with Crippen LogP contribution < -0.4 is 10.1 Å². The molecule has 29 heavy (non-hydrogen) atoms. The molecule has 1 aliphatic heterocycles. The largest absolute Gasteiger partial charge is 0.495 e. The van der Waals surface area contributed by atoms with E-state index in [4.69, 9.17) is 9.47 Å². The highest BCUT2D eigenvalue weighted by Crippen LogP contribution is 2.29. The van der Waals surface area contributed by atoms with Crippen LogP contribution in [-0.4, -0.2) is 52.0 Å². The minimum absolute atomic E-state index is 0.0235. The summed E-state index contributed by atoms with van der Waals surface area (Å²) >= 11 is 3.42. The summed E-state index contributed by atoms with van der Waals surface area (Å²) in [5.41, 5.74) is 1.18. The Balaban J connectivity index is 1.86. The number of ether oxygens (including phenoxy) is 2. The van der Waals surface area contributed by atoms with Crippen molar-refractivity contribution in [1.82, 2.24) is 9.62 Å². The van der Waals surface area contributed by atoms with E-state index in [1.807, 2.05) is 31.2 Å². The van der Waals surface area contributed by atoms with Crippen LogP contribution in [-0.2, 0) is 14.8 Å². The van der Waals surface area contributed by atoms with E-state index in [9.17, 15) is 13.2 Å². The highest BCUT2D eigenvalue weighted by atomic mass is 79.9. The fraction of sp³-hybridized carbons (Fsp3) is 0.350. The van der Waals surface area contributed by atoms with Crippen molar-refractivity contribution in [2.75, 3.05) is 33.4 Å². The molecular weight excluding hydrogens is 460 g/mol. The quantitative estimate of drug-likeness (QED) is 0.683. The lowest BCUT2D eigenvalue weighted by Crippen LogP contribution is -2.40. The van der Waals surface area contributed by atoms with E-state index in [0.717, 1.165) is 10.0 Å². The molecule has 7 nitrogen and oxygen atoms in total. The van der Waals surface area contributed by atoms with Crippen LogP contribution in [0.4, 0.5) is 0 Å². The molecule has 0 unspecified atom stereocenters. The smallest absolute Gasteiger partial charge is 0.251 e. The maximum Gasteiger partial charge on any atom is 0.251 e. The molecule has 156 valence electrons. The normalized spacial score (nSPS) is 16.2. The minimum atomic E-state index is -3.80. The maximum absolute atomic E-state index is 13.1. The Morgan fingerprint density at radius 1 is 1.21 bits per heavy atom. The second kappa shape index (κ2) is 9.25. The van der Waals surface area contributed by atoms with E-state index in [-0.39, 0.29) is 41.2 Å². The number of methoxy groups -OCH3 is 1. The molecule has 2 aromatic rings. The zero-order valence-corrected chi connectivity index (χ0v) is 18.6. The molecule has 3 rings (SSSR count). The molecule has 1 N–H and O–H groups in total. The number of amides is 1. The number of hydrogen-bond acceptors (Lipinski definition) is 5. The first-order chi connectivity index (χ1) is 13.8. The van der Waals surface area contributed by atoms with E-state index in [1.54, 1.807) is 6.07 Å². The van der Waals surface area contributed by atoms with Crippen LogP contribution in [0.2, 0.25) is 0 Å². The lowest BCUT2D eigenvalue weighted by atomic mass is 10.1. The number of benzene rings is 2. The number of nitrogens with one attached hydrogen (secondary N) is 1. The van der Waals surface area contributed by atoms with Gasteiger partial charge in [0.25, 0.3) is 5.91 Å². The lowest BCUT2D eigenvalue weighted by molar-refractivity contribution is 0.0729. The standard InChI is InChI=1S/C20H23BrN2O5S/c1-14(15-4-3-5-17(21)12-15)22-20(24)16-6-7-18(27-2)19(13-16)29(25,26)23-8-10-28-11-9-23/h3-7,12-14H,8-11H2,1-2H3,(H,22,24)/t14-/m0/s1. The topological polar surface area (TPSA) is 84.9 Å². The van der Waals surface area contributed by atoms with Crippen LogP contribution in [0.3, 0.4) is 0 Å². The molecule has 9 heteroatoms. The highest BCUT2D eigenvalue weighted by Gasteiger charge is 2.30. The van der Waals surface area contributed by atoms with Crippen LogP contribution in [0.5, 0.6) is 5.75 Å². The van der Waals surface area contributed by atoms with E-state index in [0.29, 0.717) is 13.2 Å². The Morgan fingerprint density at radius 2 is 1.93 bits per heavy atom.